The first-order chi connectivity index (χ1) is 12.0. The summed E-state index contributed by atoms with van der Waals surface area (Å²) in [5.74, 6) is 1.20. The van der Waals surface area contributed by atoms with Gasteiger partial charge in [0.15, 0.2) is 6.10 Å². The Morgan fingerprint density at radius 3 is 2.60 bits per heavy atom. The van der Waals surface area contributed by atoms with Crippen LogP contribution in [0.4, 0.5) is 5.69 Å². The molecule has 0 radical (unpaired) electrons. The van der Waals surface area contributed by atoms with Crippen molar-refractivity contribution in [1.82, 2.24) is 0 Å². The minimum absolute atomic E-state index is 0.202. The molecule has 1 amide bonds. The number of carbonyl (C=O) groups is 1. The topological polar surface area (TPSA) is 47.6 Å². The van der Waals surface area contributed by atoms with Crippen LogP contribution in [0.2, 0.25) is 0 Å². The highest BCUT2D eigenvalue weighted by Crippen LogP contribution is 2.25. The number of unbranched alkanes of at least 4 members (excludes halogenated alkanes) is 1. The average molecular weight is 341 g/mol. The van der Waals surface area contributed by atoms with Crippen LogP contribution in [-0.2, 0) is 4.79 Å². The van der Waals surface area contributed by atoms with Crippen molar-refractivity contribution in [1.29, 1.82) is 0 Å². The van der Waals surface area contributed by atoms with E-state index in [4.69, 9.17) is 9.47 Å². The van der Waals surface area contributed by atoms with Gasteiger partial charge in [0.05, 0.1) is 12.3 Å². The fourth-order valence-corrected chi connectivity index (χ4v) is 2.43. The number of aryl methyl sites for hydroxylation is 2. The van der Waals surface area contributed by atoms with Crippen molar-refractivity contribution in [3.8, 4) is 11.5 Å². The third-order valence-corrected chi connectivity index (χ3v) is 3.90. The summed E-state index contributed by atoms with van der Waals surface area (Å²) in [6.07, 6.45) is 1.44. The number of hydrogen-bond acceptors (Lipinski definition) is 3. The Balaban J connectivity index is 2.01. The van der Waals surface area contributed by atoms with Crippen molar-refractivity contribution in [2.45, 2.75) is 46.6 Å². The summed E-state index contributed by atoms with van der Waals surface area (Å²) >= 11 is 0. The molecule has 0 aliphatic carbocycles. The van der Waals surface area contributed by atoms with Gasteiger partial charge >= 0.3 is 0 Å². The van der Waals surface area contributed by atoms with Crippen LogP contribution < -0.4 is 14.8 Å². The predicted octanol–water partition coefficient (Wildman–Crippen LogP) is 4.89. The molecule has 1 unspecified atom stereocenters. The van der Waals surface area contributed by atoms with Gasteiger partial charge in [-0.1, -0.05) is 43.2 Å². The van der Waals surface area contributed by atoms with Gasteiger partial charge in [-0.15, -0.1) is 0 Å². The Morgan fingerprint density at radius 2 is 1.88 bits per heavy atom. The lowest BCUT2D eigenvalue weighted by molar-refractivity contribution is -0.122. The van der Waals surface area contributed by atoms with E-state index in [1.807, 2.05) is 56.3 Å². The summed E-state index contributed by atoms with van der Waals surface area (Å²) in [6, 6.07) is 13.4. The molecule has 0 heterocycles. The monoisotopic (exact) mass is 341 g/mol. The van der Waals surface area contributed by atoms with Crippen molar-refractivity contribution in [2.75, 3.05) is 11.9 Å². The number of para-hydroxylation sites is 2. The van der Waals surface area contributed by atoms with Gasteiger partial charge in [-0.05, 0) is 51.0 Å². The Kier molecular flexibility index (Phi) is 6.87. The lowest BCUT2D eigenvalue weighted by Crippen LogP contribution is -2.30. The molecule has 0 saturated heterocycles. The average Bonchev–Trinajstić information content (AvgIpc) is 2.59. The summed E-state index contributed by atoms with van der Waals surface area (Å²) in [7, 11) is 0. The van der Waals surface area contributed by atoms with E-state index in [-0.39, 0.29) is 5.91 Å². The van der Waals surface area contributed by atoms with E-state index in [0.29, 0.717) is 18.0 Å². The Labute approximate surface area is 150 Å². The molecule has 4 heteroatoms. The minimum Gasteiger partial charge on any atom is -0.491 e. The number of nitrogens with one attached hydrogen (secondary N) is 1. The van der Waals surface area contributed by atoms with Gasteiger partial charge in [-0.25, -0.2) is 0 Å². The molecule has 0 aliphatic heterocycles. The van der Waals surface area contributed by atoms with Gasteiger partial charge in [0.2, 0.25) is 0 Å². The van der Waals surface area contributed by atoms with Crippen LogP contribution >= 0.6 is 0 Å². The first-order valence-electron chi connectivity index (χ1n) is 8.78. The van der Waals surface area contributed by atoms with Gasteiger partial charge in [-0.3, -0.25) is 4.79 Å². The van der Waals surface area contributed by atoms with E-state index >= 15 is 0 Å². The second kappa shape index (κ2) is 9.11. The maximum absolute atomic E-state index is 12.5. The Hall–Kier alpha value is -2.49. The first kappa shape index (κ1) is 18.8. The highest BCUT2D eigenvalue weighted by Gasteiger charge is 2.17. The molecule has 4 nitrogen and oxygen atoms in total. The molecule has 2 aromatic rings. The summed E-state index contributed by atoms with van der Waals surface area (Å²) in [6.45, 7) is 8.50. The minimum atomic E-state index is -0.606. The van der Waals surface area contributed by atoms with Gasteiger partial charge in [0.25, 0.3) is 5.91 Å². The number of ether oxygens (including phenoxy) is 2. The van der Waals surface area contributed by atoms with Gasteiger partial charge < -0.3 is 14.8 Å². The van der Waals surface area contributed by atoms with Crippen LogP contribution in [0.3, 0.4) is 0 Å². The zero-order valence-corrected chi connectivity index (χ0v) is 15.5. The summed E-state index contributed by atoms with van der Waals surface area (Å²) in [4.78, 5) is 12.5. The molecule has 0 aromatic heterocycles. The first-order valence-corrected chi connectivity index (χ1v) is 8.78. The third kappa shape index (κ3) is 5.52. The zero-order valence-electron chi connectivity index (χ0n) is 15.5. The number of amides is 1. The van der Waals surface area contributed by atoms with Crippen molar-refractivity contribution in [3.63, 3.8) is 0 Å². The molecular weight excluding hydrogens is 314 g/mol. The number of anilines is 1. The fraction of sp³-hybridized carbons (Fsp3) is 0.381. The Morgan fingerprint density at radius 1 is 1.12 bits per heavy atom. The summed E-state index contributed by atoms with van der Waals surface area (Å²) in [5.41, 5.74) is 2.85. The van der Waals surface area contributed by atoms with Crippen LogP contribution in [0, 0.1) is 13.8 Å². The molecule has 134 valence electrons. The molecule has 0 aliphatic rings. The van der Waals surface area contributed by atoms with E-state index in [1.54, 1.807) is 6.92 Å². The zero-order chi connectivity index (χ0) is 18.2. The van der Waals surface area contributed by atoms with E-state index in [2.05, 4.69) is 12.2 Å². The summed E-state index contributed by atoms with van der Waals surface area (Å²) in [5, 5.41) is 2.90. The lowest BCUT2D eigenvalue weighted by atomic mass is 10.1. The number of benzene rings is 2. The molecule has 1 N–H and O–H groups in total. The highest BCUT2D eigenvalue weighted by molar-refractivity contribution is 5.95. The second-order valence-electron chi connectivity index (χ2n) is 6.22. The van der Waals surface area contributed by atoms with Crippen LogP contribution in [0.25, 0.3) is 0 Å². The van der Waals surface area contributed by atoms with E-state index in [1.165, 1.54) is 5.56 Å². The molecule has 0 saturated carbocycles. The fourth-order valence-electron chi connectivity index (χ4n) is 2.43. The number of rotatable bonds is 8. The Bertz CT molecular complexity index is 712. The van der Waals surface area contributed by atoms with Crippen molar-refractivity contribution in [2.24, 2.45) is 0 Å². The molecule has 0 bridgehead atoms. The SMILES string of the molecule is CCCCOc1ccccc1NC(=O)C(C)Oc1ccc(C)cc1C. The smallest absolute Gasteiger partial charge is 0.265 e. The van der Waals surface area contributed by atoms with Crippen molar-refractivity contribution in [3.05, 3.63) is 53.6 Å². The van der Waals surface area contributed by atoms with Crippen molar-refractivity contribution >= 4 is 11.6 Å². The van der Waals surface area contributed by atoms with Crippen LogP contribution in [0.1, 0.15) is 37.8 Å². The standard InChI is InChI=1S/C21H27NO3/c1-5-6-13-24-20-10-8-7-9-18(20)22-21(23)17(4)25-19-12-11-15(2)14-16(19)3/h7-12,14,17H,5-6,13H2,1-4H3,(H,22,23). The second-order valence-corrected chi connectivity index (χ2v) is 6.22. The van der Waals surface area contributed by atoms with Gasteiger partial charge in [0.1, 0.15) is 11.5 Å². The van der Waals surface area contributed by atoms with E-state index < -0.39 is 6.10 Å². The molecule has 0 spiro atoms. The quantitative estimate of drug-likeness (QED) is 0.696. The normalized spacial score (nSPS) is 11.7. The molecular formula is C21H27NO3. The molecule has 2 rings (SSSR count). The van der Waals surface area contributed by atoms with Crippen LogP contribution in [0.15, 0.2) is 42.5 Å². The van der Waals surface area contributed by atoms with Gasteiger partial charge in [0, 0.05) is 0 Å². The number of carbonyl (C=O) groups excluding carboxylic acids is 1. The molecule has 25 heavy (non-hydrogen) atoms. The maximum atomic E-state index is 12.5. The molecule has 1 atom stereocenters. The molecule has 0 fully saturated rings. The molecule has 2 aromatic carbocycles. The van der Waals surface area contributed by atoms with Crippen LogP contribution in [0.5, 0.6) is 11.5 Å². The lowest BCUT2D eigenvalue weighted by Gasteiger charge is -2.18. The maximum Gasteiger partial charge on any atom is 0.265 e. The van der Waals surface area contributed by atoms with E-state index in [0.717, 1.165) is 24.2 Å². The van der Waals surface area contributed by atoms with E-state index in [9.17, 15) is 4.79 Å². The van der Waals surface area contributed by atoms with Crippen LogP contribution in [-0.4, -0.2) is 18.6 Å². The summed E-state index contributed by atoms with van der Waals surface area (Å²) < 4.78 is 11.6. The highest BCUT2D eigenvalue weighted by atomic mass is 16.5. The van der Waals surface area contributed by atoms with Gasteiger partial charge in [-0.2, -0.15) is 0 Å². The number of hydrogen-bond donors (Lipinski definition) is 1. The third-order valence-electron chi connectivity index (χ3n) is 3.90. The predicted molar refractivity (Wildman–Crippen MR) is 101 cm³/mol. The largest absolute Gasteiger partial charge is 0.491 e. The van der Waals surface area contributed by atoms with Crippen molar-refractivity contribution < 1.29 is 14.3 Å².